The summed E-state index contributed by atoms with van der Waals surface area (Å²) >= 11 is 0. The summed E-state index contributed by atoms with van der Waals surface area (Å²) in [6.07, 6.45) is 25.6. The largest absolute Gasteiger partial charge is 0.309 e. The van der Waals surface area contributed by atoms with E-state index >= 15 is 0 Å². The first-order chi connectivity index (χ1) is 27.2. The minimum Gasteiger partial charge on any atom is -0.309 e. The zero-order valence-electron chi connectivity index (χ0n) is 29.9. The molecule has 3 aromatic carbocycles. The van der Waals surface area contributed by atoms with Gasteiger partial charge in [-0.25, -0.2) is 0 Å². The molecule has 6 aromatic heterocycles. The van der Waals surface area contributed by atoms with Crippen LogP contribution in [0, 0.1) is 0 Å². The molecule has 0 amide bonds. The van der Waals surface area contributed by atoms with Gasteiger partial charge < -0.3 is 4.57 Å². The maximum atomic E-state index is 4.62. The third kappa shape index (κ3) is 6.19. The van der Waals surface area contributed by atoms with Gasteiger partial charge in [0.25, 0.3) is 0 Å². The fourth-order valence-electron chi connectivity index (χ4n) is 7.73. The molecule has 0 bridgehead atoms. The second-order valence-corrected chi connectivity index (χ2v) is 13.9. The molecule has 6 nitrogen and oxygen atoms in total. The van der Waals surface area contributed by atoms with Crippen molar-refractivity contribution in [2.24, 2.45) is 0 Å². The van der Waals surface area contributed by atoms with Crippen LogP contribution in [0.4, 0.5) is 0 Å². The van der Waals surface area contributed by atoms with Crippen molar-refractivity contribution in [3.8, 4) is 72.4 Å². The van der Waals surface area contributed by atoms with Gasteiger partial charge in [0.1, 0.15) is 0 Å². The van der Waals surface area contributed by atoms with Crippen LogP contribution in [0.15, 0.2) is 171 Å². The Labute approximate surface area is 318 Å². The molecule has 0 N–H and O–H groups in total. The minimum atomic E-state index is 1.01. The van der Waals surface area contributed by atoms with Crippen LogP contribution in [0.5, 0.6) is 0 Å². The van der Waals surface area contributed by atoms with Crippen molar-refractivity contribution in [2.45, 2.75) is 12.8 Å². The third-order valence-electron chi connectivity index (χ3n) is 10.4. The molecule has 260 valence electrons. The van der Waals surface area contributed by atoms with Gasteiger partial charge in [0.05, 0.1) is 5.52 Å². The zero-order valence-corrected chi connectivity index (χ0v) is 29.9. The van der Waals surface area contributed by atoms with E-state index in [0.29, 0.717) is 0 Å². The van der Waals surface area contributed by atoms with Crippen LogP contribution >= 0.6 is 0 Å². The van der Waals surface area contributed by atoms with Gasteiger partial charge in [-0.3, -0.25) is 24.9 Å². The number of nitrogens with zero attached hydrogens (tertiary/aromatic N) is 6. The zero-order chi connectivity index (χ0) is 36.6. The Balaban J connectivity index is 1.13. The van der Waals surface area contributed by atoms with Crippen LogP contribution in [0.1, 0.15) is 12.8 Å². The first-order valence-electron chi connectivity index (χ1n) is 18.5. The van der Waals surface area contributed by atoms with E-state index < -0.39 is 0 Å². The Morgan fingerprint density at radius 2 is 0.818 bits per heavy atom. The van der Waals surface area contributed by atoms with E-state index in [1.165, 1.54) is 16.0 Å². The highest BCUT2D eigenvalue weighted by atomic mass is 15.0. The first-order valence-corrected chi connectivity index (χ1v) is 18.5. The average Bonchev–Trinajstić information content (AvgIpc) is 3.61. The molecule has 0 atom stereocenters. The maximum Gasteiger partial charge on any atom is 0.0571 e. The summed E-state index contributed by atoms with van der Waals surface area (Å²) < 4.78 is 2.41. The molecule has 0 spiro atoms. The Morgan fingerprint density at radius 3 is 1.38 bits per heavy atom. The van der Waals surface area contributed by atoms with E-state index in [2.05, 4.69) is 139 Å². The quantitative estimate of drug-likeness (QED) is 0.165. The molecular weight excluding hydrogens is 673 g/mol. The van der Waals surface area contributed by atoms with Crippen LogP contribution in [-0.4, -0.2) is 29.5 Å². The predicted molar refractivity (Wildman–Crippen MR) is 222 cm³/mol. The van der Waals surface area contributed by atoms with Gasteiger partial charge in [0.15, 0.2) is 0 Å². The normalized spacial score (nSPS) is 12.1. The highest BCUT2D eigenvalue weighted by Gasteiger charge is 2.15. The van der Waals surface area contributed by atoms with Crippen molar-refractivity contribution >= 4 is 23.1 Å². The lowest BCUT2D eigenvalue weighted by molar-refractivity contribution is 1.02. The molecule has 0 radical (unpaired) electrons. The highest BCUT2D eigenvalue weighted by molar-refractivity contribution is 5.86. The third-order valence-corrected chi connectivity index (χ3v) is 10.4. The molecule has 1 aliphatic rings. The van der Waals surface area contributed by atoms with Gasteiger partial charge in [-0.2, -0.15) is 0 Å². The Bertz CT molecular complexity index is 2840. The smallest absolute Gasteiger partial charge is 0.0571 e. The van der Waals surface area contributed by atoms with Crippen LogP contribution in [0.3, 0.4) is 0 Å². The lowest BCUT2D eigenvalue weighted by Gasteiger charge is -2.15. The van der Waals surface area contributed by atoms with Crippen LogP contribution in [-0.2, 0) is 0 Å². The summed E-state index contributed by atoms with van der Waals surface area (Å²) in [6.45, 7) is 0. The van der Waals surface area contributed by atoms with Gasteiger partial charge in [0, 0.05) is 117 Å². The Hall–Kier alpha value is -7.31. The molecule has 6 heteroatoms. The molecule has 0 aliphatic heterocycles. The fourth-order valence-corrected chi connectivity index (χ4v) is 7.73. The number of benzene rings is 3. The van der Waals surface area contributed by atoms with E-state index in [1.807, 2.05) is 61.7 Å². The van der Waals surface area contributed by atoms with Crippen LogP contribution in [0.2, 0.25) is 0 Å². The highest BCUT2D eigenvalue weighted by Crippen LogP contribution is 2.35. The number of pyridine rings is 5. The molecule has 0 unspecified atom stereocenters. The summed E-state index contributed by atoms with van der Waals surface area (Å²) in [5.74, 6) is 0. The van der Waals surface area contributed by atoms with Crippen molar-refractivity contribution in [3.05, 3.63) is 182 Å². The lowest BCUT2D eigenvalue weighted by Crippen LogP contribution is -2.30. The second kappa shape index (κ2) is 13.9. The number of rotatable bonds is 7. The van der Waals surface area contributed by atoms with Gasteiger partial charge in [-0.15, -0.1) is 0 Å². The molecule has 0 saturated heterocycles. The fraction of sp³-hybridized carbons (Fsp3) is 0.0408. The maximum absolute atomic E-state index is 4.62. The standard InChI is InChI=1S/C49H34N6/c1-2-14-48-46(13-1)47-32-52-18-15-49(47)55(48)45-24-39(33-7-3-9-35(19-33)41-22-43(30-53-28-41)37-11-5-16-50-26-37)21-40(25-45)34-8-4-10-36(20-34)42-23-44(31-54-29-42)38-12-6-17-51-27-38/h3-32H,1-2H2. The molecule has 9 aromatic rings. The monoisotopic (exact) mass is 706 g/mol. The Kier molecular flexibility index (Phi) is 8.18. The van der Waals surface area contributed by atoms with Gasteiger partial charge in [-0.1, -0.05) is 60.7 Å². The Morgan fingerprint density at radius 1 is 0.364 bits per heavy atom. The lowest BCUT2D eigenvalue weighted by atomic mass is 9.94. The van der Waals surface area contributed by atoms with Crippen molar-refractivity contribution in [3.63, 3.8) is 0 Å². The van der Waals surface area contributed by atoms with Crippen molar-refractivity contribution in [1.29, 1.82) is 0 Å². The van der Waals surface area contributed by atoms with E-state index in [4.69, 9.17) is 0 Å². The number of aromatic nitrogens is 6. The summed E-state index contributed by atoms with van der Waals surface area (Å²) in [6, 6.07) is 39.0. The summed E-state index contributed by atoms with van der Waals surface area (Å²) in [4.78, 5) is 22.4. The van der Waals surface area contributed by atoms with E-state index in [9.17, 15) is 0 Å². The van der Waals surface area contributed by atoms with Crippen molar-refractivity contribution < 1.29 is 0 Å². The first kappa shape index (κ1) is 32.3. The average molecular weight is 707 g/mol. The van der Waals surface area contributed by atoms with Crippen LogP contribution < -0.4 is 10.6 Å². The van der Waals surface area contributed by atoms with Gasteiger partial charge in [0.2, 0.25) is 0 Å². The second-order valence-electron chi connectivity index (χ2n) is 13.9. The van der Waals surface area contributed by atoms with E-state index in [1.54, 1.807) is 12.4 Å². The number of hydrogen-bond acceptors (Lipinski definition) is 5. The summed E-state index contributed by atoms with van der Waals surface area (Å²) in [5, 5.41) is 3.65. The molecular formula is C49H34N6. The van der Waals surface area contributed by atoms with E-state index in [0.717, 1.165) is 90.8 Å². The SMILES string of the molecule is C1=c2c(n(-c3cc(-c4cccc(-c5cncc(-c6cccnc6)c5)c4)cc(-c4cccc(-c5cncc(-c6cccnc6)c5)c4)c3)c3ccncc23)=CCC1. The van der Waals surface area contributed by atoms with E-state index in [-0.39, 0.29) is 0 Å². The minimum absolute atomic E-state index is 1.01. The number of hydrogen-bond donors (Lipinski definition) is 0. The van der Waals surface area contributed by atoms with Crippen molar-refractivity contribution in [1.82, 2.24) is 29.5 Å². The molecule has 10 rings (SSSR count). The predicted octanol–water partition coefficient (Wildman–Crippen LogP) is 9.96. The molecule has 0 saturated carbocycles. The van der Waals surface area contributed by atoms with Crippen molar-refractivity contribution in [2.75, 3.05) is 0 Å². The van der Waals surface area contributed by atoms with Gasteiger partial charge in [-0.05, 0) is 107 Å². The topological polar surface area (TPSA) is 69.4 Å². The van der Waals surface area contributed by atoms with Crippen LogP contribution in [0.25, 0.3) is 95.5 Å². The molecule has 6 heterocycles. The summed E-state index contributed by atoms with van der Waals surface area (Å²) in [5.41, 5.74) is 15.2. The molecule has 0 fully saturated rings. The molecule has 1 aliphatic carbocycles. The van der Waals surface area contributed by atoms with Gasteiger partial charge >= 0.3 is 0 Å². The summed E-state index contributed by atoms with van der Waals surface area (Å²) in [7, 11) is 0. The molecule has 55 heavy (non-hydrogen) atoms. The number of fused-ring (bicyclic) bond motifs is 3.